The van der Waals surface area contributed by atoms with Crippen molar-refractivity contribution < 1.29 is 14.3 Å². The van der Waals surface area contributed by atoms with E-state index in [2.05, 4.69) is 20.7 Å². The van der Waals surface area contributed by atoms with E-state index in [1.165, 1.54) is 0 Å². The Morgan fingerprint density at radius 3 is 3.04 bits per heavy atom. The van der Waals surface area contributed by atoms with Gasteiger partial charge in [0.05, 0.1) is 31.3 Å². The molecule has 0 spiro atoms. The summed E-state index contributed by atoms with van der Waals surface area (Å²) in [5.41, 5.74) is 3.63. The van der Waals surface area contributed by atoms with Crippen LogP contribution in [-0.4, -0.2) is 41.1 Å². The molecule has 3 aromatic rings. The van der Waals surface area contributed by atoms with Crippen LogP contribution in [0.3, 0.4) is 0 Å². The summed E-state index contributed by atoms with van der Waals surface area (Å²) in [7, 11) is 3.43. The minimum Gasteiger partial charge on any atom is -0.495 e. The van der Waals surface area contributed by atoms with E-state index in [-0.39, 0.29) is 5.78 Å². The first-order valence-electron chi connectivity index (χ1n) is 8.81. The van der Waals surface area contributed by atoms with Gasteiger partial charge in [0.15, 0.2) is 17.2 Å². The number of methoxy groups -OCH3 is 1. The largest absolute Gasteiger partial charge is 0.495 e. The van der Waals surface area contributed by atoms with Crippen LogP contribution in [0.25, 0.3) is 5.65 Å². The lowest BCUT2D eigenvalue weighted by atomic mass is 10.1. The Labute approximate surface area is 156 Å². The third-order valence-electron chi connectivity index (χ3n) is 4.51. The minimum absolute atomic E-state index is 0.00837. The third-order valence-corrected chi connectivity index (χ3v) is 4.51. The standard InChI is InChI=1S/C19H21N5O3/c1-20-14-9-18-22-13-8-12(5-6-17(13)26-2)11-27-7-3-4-16(25)15-10-21-19(14)24(15)23-18/h5-6,8-10,20H,3-4,7,11H2,1-2H3,(H,22,23). The fourth-order valence-electron chi connectivity index (χ4n) is 3.14. The van der Waals surface area contributed by atoms with Crippen molar-refractivity contribution in [2.75, 3.05) is 31.4 Å². The summed E-state index contributed by atoms with van der Waals surface area (Å²) in [6.07, 6.45) is 2.60. The van der Waals surface area contributed by atoms with Gasteiger partial charge in [-0.15, -0.1) is 5.10 Å². The van der Waals surface area contributed by atoms with E-state index in [1.807, 2.05) is 31.3 Å². The summed E-state index contributed by atoms with van der Waals surface area (Å²) in [4.78, 5) is 17.0. The van der Waals surface area contributed by atoms with Crippen LogP contribution >= 0.6 is 0 Å². The maximum atomic E-state index is 12.6. The van der Waals surface area contributed by atoms with Gasteiger partial charge in [0.25, 0.3) is 0 Å². The number of carbonyl (C=O) groups excluding carboxylic acids is 1. The lowest BCUT2D eigenvalue weighted by Gasteiger charge is -2.15. The molecule has 2 N–H and O–H groups in total. The molecule has 0 aliphatic carbocycles. The topological polar surface area (TPSA) is 89.8 Å². The van der Waals surface area contributed by atoms with Crippen molar-refractivity contribution in [1.82, 2.24) is 14.6 Å². The Bertz CT molecular complexity index is 998. The van der Waals surface area contributed by atoms with E-state index in [1.54, 1.807) is 17.8 Å². The maximum absolute atomic E-state index is 12.6. The van der Waals surface area contributed by atoms with Crippen molar-refractivity contribution in [3.8, 4) is 5.75 Å². The number of nitrogens with zero attached hydrogens (tertiary/aromatic N) is 3. The molecule has 0 atom stereocenters. The zero-order chi connectivity index (χ0) is 18.8. The number of Topliss-reactive ketones (excluding diaryl/α,β-unsaturated/α-hetero) is 1. The van der Waals surface area contributed by atoms with Crippen molar-refractivity contribution >= 4 is 28.6 Å². The molecule has 2 aromatic heterocycles. The summed E-state index contributed by atoms with van der Waals surface area (Å²) in [6, 6.07) is 7.70. The second-order valence-electron chi connectivity index (χ2n) is 6.31. The number of anilines is 3. The van der Waals surface area contributed by atoms with Gasteiger partial charge in [0.1, 0.15) is 11.4 Å². The summed E-state index contributed by atoms with van der Waals surface area (Å²) >= 11 is 0. The lowest BCUT2D eigenvalue weighted by molar-refractivity contribution is 0.0913. The SMILES string of the molecule is CNc1cc2nn3c(cnc13)C(=O)CCCOCc1ccc(OC)c(c1)N2. The number of ketones is 1. The highest BCUT2D eigenvalue weighted by atomic mass is 16.5. The molecule has 140 valence electrons. The van der Waals surface area contributed by atoms with Gasteiger partial charge in [-0.2, -0.15) is 0 Å². The number of ether oxygens (including phenoxy) is 2. The fraction of sp³-hybridized carbons (Fsp3) is 0.316. The van der Waals surface area contributed by atoms with Crippen molar-refractivity contribution in [3.05, 3.63) is 41.7 Å². The average Bonchev–Trinajstić information content (AvgIpc) is 3.10. The number of fused-ring (bicyclic) bond motifs is 3. The second-order valence-corrected chi connectivity index (χ2v) is 6.31. The molecule has 0 saturated carbocycles. The van der Waals surface area contributed by atoms with E-state index in [4.69, 9.17) is 9.47 Å². The molecule has 0 unspecified atom stereocenters. The summed E-state index contributed by atoms with van der Waals surface area (Å²) in [6.45, 7) is 0.983. The van der Waals surface area contributed by atoms with E-state index >= 15 is 0 Å². The minimum atomic E-state index is -0.00837. The number of nitrogens with one attached hydrogen (secondary N) is 2. The number of aromatic nitrogens is 3. The van der Waals surface area contributed by atoms with Crippen LogP contribution < -0.4 is 15.4 Å². The van der Waals surface area contributed by atoms with E-state index in [0.29, 0.717) is 49.0 Å². The Kier molecular flexibility index (Phi) is 4.64. The van der Waals surface area contributed by atoms with Crippen molar-refractivity contribution in [2.45, 2.75) is 19.4 Å². The average molecular weight is 367 g/mol. The quantitative estimate of drug-likeness (QED) is 0.719. The molecular weight excluding hydrogens is 346 g/mol. The number of hydrogen-bond donors (Lipinski definition) is 2. The highest BCUT2D eigenvalue weighted by Gasteiger charge is 2.17. The van der Waals surface area contributed by atoms with Crippen LogP contribution in [0, 0.1) is 0 Å². The molecule has 1 aliphatic heterocycles. The fourth-order valence-corrected chi connectivity index (χ4v) is 3.14. The van der Waals surface area contributed by atoms with Crippen LogP contribution in [0.2, 0.25) is 0 Å². The Balaban J connectivity index is 1.87. The van der Waals surface area contributed by atoms with Crippen LogP contribution in [-0.2, 0) is 11.3 Å². The van der Waals surface area contributed by atoms with Crippen molar-refractivity contribution in [1.29, 1.82) is 0 Å². The lowest BCUT2D eigenvalue weighted by Crippen LogP contribution is -2.10. The van der Waals surface area contributed by atoms with Crippen LogP contribution in [0.5, 0.6) is 5.75 Å². The first-order valence-corrected chi connectivity index (χ1v) is 8.81. The molecule has 0 amide bonds. The van der Waals surface area contributed by atoms with Gasteiger partial charge in [0, 0.05) is 26.1 Å². The summed E-state index contributed by atoms with van der Waals surface area (Å²) in [5.74, 6) is 1.26. The molecule has 0 saturated heterocycles. The predicted molar refractivity (Wildman–Crippen MR) is 102 cm³/mol. The molecule has 0 fully saturated rings. The maximum Gasteiger partial charge on any atom is 0.183 e. The Hall–Kier alpha value is -3.13. The Morgan fingerprint density at radius 1 is 1.33 bits per heavy atom. The predicted octanol–water partition coefficient (Wildman–Crippen LogP) is 3.02. The Morgan fingerprint density at radius 2 is 2.22 bits per heavy atom. The first kappa shape index (κ1) is 17.3. The van der Waals surface area contributed by atoms with Crippen LogP contribution in [0.1, 0.15) is 28.9 Å². The zero-order valence-electron chi connectivity index (χ0n) is 15.3. The number of carbonyl (C=O) groups is 1. The van der Waals surface area contributed by atoms with E-state index in [0.717, 1.165) is 16.9 Å². The third kappa shape index (κ3) is 3.31. The van der Waals surface area contributed by atoms with Gasteiger partial charge in [0.2, 0.25) is 0 Å². The van der Waals surface area contributed by atoms with Gasteiger partial charge in [-0.1, -0.05) is 6.07 Å². The molecule has 0 radical (unpaired) electrons. The molecule has 1 aromatic carbocycles. The molecule has 8 heteroatoms. The normalized spacial score (nSPS) is 14.7. The molecule has 4 bridgehead atoms. The molecule has 3 heterocycles. The summed E-state index contributed by atoms with van der Waals surface area (Å²) in [5, 5.41) is 11.0. The van der Waals surface area contributed by atoms with Gasteiger partial charge >= 0.3 is 0 Å². The number of imidazole rings is 1. The zero-order valence-corrected chi connectivity index (χ0v) is 15.3. The molecule has 4 rings (SSSR count). The monoisotopic (exact) mass is 367 g/mol. The smallest absolute Gasteiger partial charge is 0.183 e. The summed E-state index contributed by atoms with van der Waals surface area (Å²) < 4.78 is 12.8. The second kappa shape index (κ2) is 7.24. The molecular formula is C19H21N5O3. The van der Waals surface area contributed by atoms with E-state index < -0.39 is 0 Å². The van der Waals surface area contributed by atoms with Gasteiger partial charge in [-0.3, -0.25) is 4.79 Å². The first-order chi connectivity index (χ1) is 13.2. The number of benzene rings is 1. The van der Waals surface area contributed by atoms with Gasteiger partial charge < -0.3 is 20.1 Å². The molecule has 8 nitrogen and oxygen atoms in total. The van der Waals surface area contributed by atoms with Gasteiger partial charge in [-0.05, 0) is 24.1 Å². The van der Waals surface area contributed by atoms with Crippen LogP contribution in [0.4, 0.5) is 17.2 Å². The van der Waals surface area contributed by atoms with Crippen LogP contribution in [0.15, 0.2) is 30.5 Å². The highest BCUT2D eigenvalue weighted by molar-refractivity contribution is 5.95. The number of rotatable bonds is 2. The van der Waals surface area contributed by atoms with Crippen molar-refractivity contribution in [3.63, 3.8) is 0 Å². The van der Waals surface area contributed by atoms with E-state index in [9.17, 15) is 4.79 Å². The molecule has 27 heavy (non-hydrogen) atoms. The molecule has 1 aliphatic rings. The highest BCUT2D eigenvalue weighted by Crippen LogP contribution is 2.30. The van der Waals surface area contributed by atoms with Crippen molar-refractivity contribution in [2.24, 2.45) is 0 Å². The number of hydrogen-bond acceptors (Lipinski definition) is 7. The van der Waals surface area contributed by atoms with Gasteiger partial charge in [-0.25, -0.2) is 9.50 Å².